The quantitative estimate of drug-likeness (QED) is 0.857. The molecule has 5 nitrogen and oxygen atoms in total. The van der Waals surface area contributed by atoms with Crippen LogP contribution in [0.2, 0.25) is 0 Å². The van der Waals surface area contributed by atoms with Crippen molar-refractivity contribution >= 4 is 0 Å². The van der Waals surface area contributed by atoms with Gasteiger partial charge in [0.15, 0.2) is 5.82 Å². The second kappa shape index (κ2) is 5.14. The zero-order chi connectivity index (χ0) is 12.3. The monoisotopic (exact) mass is 234 g/mol. The second-order valence-electron chi connectivity index (χ2n) is 4.26. The summed E-state index contributed by atoms with van der Waals surface area (Å²) in [5.74, 6) is 1.42. The van der Waals surface area contributed by atoms with Gasteiger partial charge in [-0.15, -0.1) is 0 Å². The number of hydrogen-bond acceptors (Lipinski definition) is 4. The summed E-state index contributed by atoms with van der Waals surface area (Å²) in [5.41, 5.74) is 6.91. The Hall–Kier alpha value is -1.62. The fraction of sp³-hybridized carbons (Fsp3) is 0.500. The molecule has 92 valence electrons. The van der Waals surface area contributed by atoms with E-state index < -0.39 is 0 Å². The molecule has 2 aromatic rings. The summed E-state index contributed by atoms with van der Waals surface area (Å²) in [5, 5.41) is 3.95. The SMILES string of the molecule is CCCc1nc(Cn2ccc(C(C)N)c2)no1. The number of rotatable bonds is 5. The van der Waals surface area contributed by atoms with Crippen LogP contribution in [0.15, 0.2) is 23.0 Å². The highest BCUT2D eigenvalue weighted by atomic mass is 16.5. The summed E-state index contributed by atoms with van der Waals surface area (Å²) in [6.45, 7) is 4.68. The Balaban J connectivity index is 2.03. The van der Waals surface area contributed by atoms with Gasteiger partial charge in [0, 0.05) is 24.9 Å². The standard InChI is InChI=1S/C12H18N4O/c1-3-4-12-14-11(15-17-12)8-16-6-5-10(7-16)9(2)13/h5-7,9H,3-4,8,13H2,1-2H3. The molecule has 0 aliphatic heterocycles. The minimum absolute atomic E-state index is 0.0529. The van der Waals surface area contributed by atoms with E-state index in [1.165, 1.54) is 0 Å². The normalized spacial score (nSPS) is 12.9. The highest BCUT2D eigenvalue weighted by Gasteiger charge is 2.07. The maximum atomic E-state index is 5.80. The topological polar surface area (TPSA) is 69.9 Å². The van der Waals surface area contributed by atoms with Gasteiger partial charge in [-0.05, 0) is 25.0 Å². The average Bonchev–Trinajstić information content (AvgIpc) is 2.89. The third-order valence-corrected chi connectivity index (χ3v) is 2.60. The molecule has 1 unspecified atom stereocenters. The van der Waals surface area contributed by atoms with Crippen LogP contribution < -0.4 is 5.73 Å². The Labute approximate surface area is 101 Å². The van der Waals surface area contributed by atoms with Gasteiger partial charge in [0.2, 0.25) is 5.89 Å². The predicted octanol–water partition coefficient (Wildman–Crippen LogP) is 1.89. The molecule has 2 aromatic heterocycles. The molecule has 1 atom stereocenters. The zero-order valence-corrected chi connectivity index (χ0v) is 10.3. The Morgan fingerprint density at radius 1 is 1.53 bits per heavy atom. The van der Waals surface area contributed by atoms with E-state index in [1.807, 2.05) is 30.0 Å². The Morgan fingerprint density at radius 3 is 3.00 bits per heavy atom. The zero-order valence-electron chi connectivity index (χ0n) is 10.3. The molecule has 0 aliphatic carbocycles. The van der Waals surface area contributed by atoms with Gasteiger partial charge in [-0.25, -0.2) is 0 Å². The van der Waals surface area contributed by atoms with Crippen LogP contribution >= 0.6 is 0 Å². The van der Waals surface area contributed by atoms with Crippen LogP contribution in [0.3, 0.4) is 0 Å². The lowest BCUT2D eigenvalue weighted by molar-refractivity contribution is 0.371. The summed E-state index contributed by atoms with van der Waals surface area (Å²) in [7, 11) is 0. The number of nitrogens with two attached hydrogens (primary N) is 1. The van der Waals surface area contributed by atoms with Gasteiger partial charge in [-0.2, -0.15) is 4.98 Å². The fourth-order valence-electron chi connectivity index (χ4n) is 1.66. The fourth-order valence-corrected chi connectivity index (χ4v) is 1.66. The molecule has 17 heavy (non-hydrogen) atoms. The van der Waals surface area contributed by atoms with Gasteiger partial charge in [-0.1, -0.05) is 12.1 Å². The third kappa shape index (κ3) is 2.94. The first-order chi connectivity index (χ1) is 8.19. The lowest BCUT2D eigenvalue weighted by atomic mass is 10.2. The first-order valence-corrected chi connectivity index (χ1v) is 5.91. The molecule has 0 amide bonds. The van der Waals surface area contributed by atoms with Crippen molar-refractivity contribution in [1.82, 2.24) is 14.7 Å². The molecule has 0 saturated carbocycles. The van der Waals surface area contributed by atoms with Crippen LogP contribution in [0.4, 0.5) is 0 Å². The summed E-state index contributed by atoms with van der Waals surface area (Å²) in [6, 6.07) is 2.06. The van der Waals surface area contributed by atoms with E-state index in [0.29, 0.717) is 18.3 Å². The smallest absolute Gasteiger partial charge is 0.226 e. The second-order valence-corrected chi connectivity index (χ2v) is 4.26. The number of aromatic nitrogens is 3. The molecule has 0 spiro atoms. The van der Waals surface area contributed by atoms with Crippen molar-refractivity contribution in [2.75, 3.05) is 0 Å². The summed E-state index contributed by atoms with van der Waals surface area (Å²) in [6.07, 6.45) is 5.85. The highest BCUT2D eigenvalue weighted by Crippen LogP contribution is 2.11. The molecule has 2 heterocycles. The largest absolute Gasteiger partial charge is 0.346 e. The van der Waals surface area contributed by atoms with E-state index in [-0.39, 0.29) is 6.04 Å². The molecule has 5 heteroatoms. The van der Waals surface area contributed by atoms with Crippen LogP contribution in [0.25, 0.3) is 0 Å². The van der Waals surface area contributed by atoms with Crippen molar-refractivity contribution in [3.8, 4) is 0 Å². The molecule has 0 bridgehead atoms. The Kier molecular flexibility index (Phi) is 3.58. The maximum absolute atomic E-state index is 5.80. The molecule has 0 saturated heterocycles. The number of hydrogen-bond donors (Lipinski definition) is 1. The number of aryl methyl sites for hydroxylation is 1. The Bertz CT molecular complexity index is 472. The lowest BCUT2D eigenvalue weighted by Gasteiger charge is -2.00. The first kappa shape index (κ1) is 11.9. The summed E-state index contributed by atoms with van der Waals surface area (Å²) < 4.78 is 7.15. The van der Waals surface area contributed by atoms with Crippen molar-refractivity contribution in [2.45, 2.75) is 39.3 Å². The third-order valence-electron chi connectivity index (χ3n) is 2.60. The van der Waals surface area contributed by atoms with E-state index in [4.69, 9.17) is 10.3 Å². The van der Waals surface area contributed by atoms with E-state index in [9.17, 15) is 0 Å². The van der Waals surface area contributed by atoms with E-state index in [1.54, 1.807) is 0 Å². The van der Waals surface area contributed by atoms with Crippen LogP contribution in [-0.2, 0) is 13.0 Å². The van der Waals surface area contributed by atoms with Crippen LogP contribution in [0.1, 0.15) is 43.6 Å². The molecular weight excluding hydrogens is 216 g/mol. The van der Waals surface area contributed by atoms with Crippen molar-refractivity contribution in [3.05, 3.63) is 35.7 Å². The maximum Gasteiger partial charge on any atom is 0.226 e. The molecule has 0 aromatic carbocycles. The highest BCUT2D eigenvalue weighted by molar-refractivity contribution is 5.14. The van der Waals surface area contributed by atoms with E-state index >= 15 is 0 Å². The van der Waals surface area contributed by atoms with Crippen molar-refractivity contribution < 1.29 is 4.52 Å². The molecule has 0 radical (unpaired) electrons. The molecule has 2 N–H and O–H groups in total. The molecule has 0 fully saturated rings. The van der Waals surface area contributed by atoms with E-state index in [0.717, 1.165) is 18.4 Å². The van der Waals surface area contributed by atoms with Gasteiger partial charge in [0.25, 0.3) is 0 Å². The Morgan fingerprint density at radius 2 is 2.35 bits per heavy atom. The summed E-state index contributed by atoms with van der Waals surface area (Å²) in [4.78, 5) is 4.32. The number of nitrogens with zero attached hydrogens (tertiary/aromatic N) is 3. The van der Waals surface area contributed by atoms with Crippen molar-refractivity contribution in [1.29, 1.82) is 0 Å². The van der Waals surface area contributed by atoms with Crippen molar-refractivity contribution in [3.63, 3.8) is 0 Å². The summed E-state index contributed by atoms with van der Waals surface area (Å²) >= 11 is 0. The van der Waals surface area contributed by atoms with Gasteiger partial charge in [0.1, 0.15) is 0 Å². The van der Waals surface area contributed by atoms with Crippen LogP contribution in [-0.4, -0.2) is 14.7 Å². The van der Waals surface area contributed by atoms with E-state index in [2.05, 4.69) is 17.1 Å². The molecule has 0 aliphatic rings. The molecule has 2 rings (SSSR count). The lowest BCUT2D eigenvalue weighted by Crippen LogP contribution is -2.04. The van der Waals surface area contributed by atoms with Gasteiger partial charge < -0.3 is 14.8 Å². The van der Waals surface area contributed by atoms with Gasteiger partial charge in [0.05, 0.1) is 6.54 Å². The minimum Gasteiger partial charge on any atom is -0.346 e. The first-order valence-electron chi connectivity index (χ1n) is 5.91. The minimum atomic E-state index is 0.0529. The predicted molar refractivity (Wildman–Crippen MR) is 64.4 cm³/mol. The van der Waals surface area contributed by atoms with Gasteiger partial charge >= 0.3 is 0 Å². The average molecular weight is 234 g/mol. The van der Waals surface area contributed by atoms with Gasteiger partial charge in [-0.3, -0.25) is 0 Å². The van der Waals surface area contributed by atoms with Crippen LogP contribution in [0, 0.1) is 0 Å². The van der Waals surface area contributed by atoms with Crippen LogP contribution in [0.5, 0.6) is 0 Å². The van der Waals surface area contributed by atoms with Crippen molar-refractivity contribution in [2.24, 2.45) is 5.73 Å². The molecular formula is C12H18N4O.